The molecular weight excluding hydrogens is 261 g/mol. The number of imidazole rings is 1. The Hall–Kier alpha value is -1.07. The lowest BCUT2D eigenvalue weighted by atomic mass is 10.2. The summed E-state index contributed by atoms with van der Waals surface area (Å²) in [5, 5.41) is 0. The molecule has 0 saturated heterocycles. The Morgan fingerprint density at radius 2 is 1.88 bits per heavy atom. The van der Waals surface area contributed by atoms with Crippen molar-refractivity contribution in [3.8, 4) is 0 Å². The second-order valence-electron chi connectivity index (χ2n) is 4.03. The van der Waals surface area contributed by atoms with Crippen LogP contribution in [0.3, 0.4) is 0 Å². The number of anilines is 1. The van der Waals surface area contributed by atoms with Crippen LogP contribution in [-0.2, 0) is 0 Å². The van der Waals surface area contributed by atoms with Crippen molar-refractivity contribution in [1.82, 2.24) is 19.5 Å². The van der Waals surface area contributed by atoms with Gasteiger partial charge in [-0.25, -0.2) is 9.97 Å². The van der Waals surface area contributed by atoms with Crippen molar-refractivity contribution in [2.24, 2.45) is 0 Å². The Kier molecular flexibility index (Phi) is 4.54. The third kappa shape index (κ3) is 2.45. The molecule has 0 amide bonds. The number of nitrogens with zero attached hydrogens (tertiary/aromatic N) is 4. The smallest absolute Gasteiger partial charge is 0.222 e. The predicted octanol–water partition coefficient (Wildman–Crippen LogP) is 2.37. The van der Waals surface area contributed by atoms with Gasteiger partial charge in [-0.3, -0.25) is 0 Å². The molecular formula is C10H15Cl2N5. The maximum atomic E-state index is 5.59. The zero-order chi connectivity index (χ0) is 10.3. The van der Waals surface area contributed by atoms with Gasteiger partial charge in [0.25, 0.3) is 0 Å². The highest BCUT2D eigenvalue weighted by atomic mass is 35.5. The first-order valence-corrected chi connectivity index (χ1v) is 5.29. The molecule has 0 spiro atoms. The van der Waals surface area contributed by atoms with E-state index in [9.17, 15) is 0 Å². The molecule has 7 heteroatoms. The maximum Gasteiger partial charge on any atom is 0.222 e. The largest absolute Gasteiger partial charge is 0.368 e. The lowest BCUT2D eigenvalue weighted by Gasteiger charge is -2.10. The fourth-order valence-electron chi connectivity index (χ4n) is 2.29. The molecule has 5 nitrogen and oxygen atoms in total. The number of halogens is 2. The topological polar surface area (TPSA) is 69.6 Å². The van der Waals surface area contributed by atoms with Crippen molar-refractivity contribution in [2.45, 2.75) is 31.7 Å². The molecule has 94 valence electrons. The summed E-state index contributed by atoms with van der Waals surface area (Å²) < 4.78 is 2.14. The van der Waals surface area contributed by atoms with Crippen LogP contribution >= 0.6 is 24.8 Å². The van der Waals surface area contributed by atoms with Gasteiger partial charge in [0.15, 0.2) is 5.65 Å². The second-order valence-corrected chi connectivity index (χ2v) is 4.03. The number of aromatic nitrogens is 4. The lowest BCUT2D eigenvalue weighted by molar-refractivity contribution is 0.529. The quantitative estimate of drug-likeness (QED) is 0.868. The molecule has 2 N–H and O–H groups in total. The molecule has 2 heterocycles. The molecule has 0 aliphatic heterocycles. The minimum absolute atomic E-state index is 0. The summed E-state index contributed by atoms with van der Waals surface area (Å²) >= 11 is 0. The van der Waals surface area contributed by atoms with Crippen molar-refractivity contribution >= 4 is 41.9 Å². The van der Waals surface area contributed by atoms with E-state index < -0.39 is 0 Å². The fourth-order valence-corrected chi connectivity index (χ4v) is 2.29. The molecule has 0 unspecified atom stereocenters. The summed E-state index contributed by atoms with van der Waals surface area (Å²) in [6, 6.07) is 0.546. The highest BCUT2D eigenvalue weighted by molar-refractivity contribution is 5.85. The van der Waals surface area contributed by atoms with E-state index in [1.165, 1.54) is 25.7 Å². The molecule has 3 rings (SSSR count). The number of nitrogens with two attached hydrogens (primary N) is 1. The van der Waals surface area contributed by atoms with E-state index in [1.807, 2.05) is 6.33 Å². The Bertz CT molecular complexity index is 492. The molecule has 2 aromatic rings. The van der Waals surface area contributed by atoms with Gasteiger partial charge in [-0.15, -0.1) is 24.8 Å². The average Bonchev–Trinajstić information content (AvgIpc) is 2.83. The molecule has 0 radical (unpaired) electrons. The Morgan fingerprint density at radius 1 is 1.18 bits per heavy atom. The van der Waals surface area contributed by atoms with Gasteiger partial charge in [-0.05, 0) is 12.8 Å². The van der Waals surface area contributed by atoms with Crippen molar-refractivity contribution in [3.63, 3.8) is 0 Å². The minimum atomic E-state index is 0. The molecule has 1 fully saturated rings. The van der Waals surface area contributed by atoms with E-state index in [0.29, 0.717) is 12.0 Å². The van der Waals surface area contributed by atoms with E-state index in [4.69, 9.17) is 5.73 Å². The Labute approximate surface area is 112 Å². The molecule has 1 aliphatic carbocycles. The predicted molar refractivity (Wildman–Crippen MR) is 71.7 cm³/mol. The molecule has 17 heavy (non-hydrogen) atoms. The Balaban J connectivity index is 0.000000722. The van der Waals surface area contributed by atoms with Gasteiger partial charge in [0.05, 0.1) is 12.5 Å². The normalized spacial score (nSPS) is 15.5. The van der Waals surface area contributed by atoms with Crippen molar-refractivity contribution in [1.29, 1.82) is 0 Å². The third-order valence-electron chi connectivity index (χ3n) is 3.05. The molecule has 0 aromatic carbocycles. The van der Waals surface area contributed by atoms with E-state index in [0.717, 1.165) is 11.2 Å². The van der Waals surface area contributed by atoms with Crippen LogP contribution in [0, 0.1) is 0 Å². The average molecular weight is 276 g/mol. The summed E-state index contributed by atoms with van der Waals surface area (Å²) in [4.78, 5) is 12.5. The van der Waals surface area contributed by atoms with Crippen LogP contribution in [0.25, 0.3) is 11.2 Å². The van der Waals surface area contributed by atoms with Gasteiger partial charge < -0.3 is 10.3 Å². The first-order chi connectivity index (χ1) is 7.34. The van der Waals surface area contributed by atoms with Crippen molar-refractivity contribution < 1.29 is 0 Å². The highest BCUT2D eigenvalue weighted by Crippen LogP contribution is 2.31. The van der Waals surface area contributed by atoms with Crippen LogP contribution in [-0.4, -0.2) is 19.5 Å². The highest BCUT2D eigenvalue weighted by Gasteiger charge is 2.19. The fraction of sp³-hybridized carbons (Fsp3) is 0.500. The number of hydrogen-bond acceptors (Lipinski definition) is 4. The summed E-state index contributed by atoms with van der Waals surface area (Å²) in [5.74, 6) is 0.322. The van der Waals surface area contributed by atoms with Crippen LogP contribution in [0.15, 0.2) is 12.5 Å². The monoisotopic (exact) mass is 275 g/mol. The zero-order valence-corrected chi connectivity index (χ0v) is 10.9. The van der Waals surface area contributed by atoms with Gasteiger partial charge >= 0.3 is 0 Å². The van der Waals surface area contributed by atoms with Crippen LogP contribution in [0.2, 0.25) is 0 Å². The number of nitrogen functional groups attached to an aromatic ring is 1. The molecule has 1 aliphatic rings. The van der Waals surface area contributed by atoms with Gasteiger partial charge in [0.1, 0.15) is 5.52 Å². The third-order valence-corrected chi connectivity index (χ3v) is 3.05. The van der Waals surface area contributed by atoms with Crippen LogP contribution in [0.4, 0.5) is 5.95 Å². The van der Waals surface area contributed by atoms with E-state index >= 15 is 0 Å². The van der Waals surface area contributed by atoms with Crippen molar-refractivity contribution in [3.05, 3.63) is 12.5 Å². The first kappa shape index (κ1) is 14.0. The first-order valence-electron chi connectivity index (χ1n) is 5.29. The van der Waals surface area contributed by atoms with Gasteiger partial charge in [-0.2, -0.15) is 4.98 Å². The van der Waals surface area contributed by atoms with E-state index in [-0.39, 0.29) is 24.8 Å². The van der Waals surface area contributed by atoms with Crippen molar-refractivity contribution in [2.75, 3.05) is 5.73 Å². The van der Waals surface area contributed by atoms with Gasteiger partial charge in [0.2, 0.25) is 5.95 Å². The Morgan fingerprint density at radius 3 is 2.59 bits per heavy atom. The SMILES string of the molecule is Cl.Cl.Nc1ncc2ncn(C3CCCC3)c2n1. The maximum absolute atomic E-state index is 5.59. The minimum Gasteiger partial charge on any atom is -0.368 e. The van der Waals surface area contributed by atoms with E-state index in [1.54, 1.807) is 6.20 Å². The number of rotatable bonds is 1. The van der Waals surface area contributed by atoms with E-state index in [2.05, 4.69) is 19.5 Å². The summed E-state index contributed by atoms with van der Waals surface area (Å²) in [6.45, 7) is 0. The second kappa shape index (κ2) is 5.51. The zero-order valence-electron chi connectivity index (χ0n) is 9.24. The number of fused-ring (bicyclic) bond motifs is 1. The molecule has 1 saturated carbocycles. The molecule has 2 aromatic heterocycles. The number of hydrogen-bond donors (Lipinski definition) is 1. The lowest BCUT2D eigenvalue weighted by Crippen LogP contribution is -2.05. The summed E-state index contributed by atoms with van der Waals surface area (Å²) in [6.07, 6.45) is 8.57. The van der Waals surface area contributed by atoms with Gasteiger partial charge in [-0.1, -0.05) is 12.8 Å². The van der Waals surface area contributed by atoms with Crippen LogP contribution < -0.4 is 5.73 Å². The van der Waals surface area contributed by atoms with Crippen LogP contribution in [0.5, 0.6) is 0 Å². The molecule has 0 bridgehead atoms. The summed E-state index contributed by atoms with van der Waals surface area (Å²) in [7, 11) is 0. The van der Waals surface area contributed by atoms with Crippen LogP contribution in [0.1, 0.15) is 31.7 Å². The van der Waals surface area contributed by atoms with Gasteiger partial charge in [0, 0.05) is 6.04 Å². The standard InChI is InChI=1S/C10H13N5.2ClH/c11-10-12-5-8-9(14-10)15(6-13-8)7-3-1-2-4-7;;/h5-7H,1-4H2,(H2,11,12,14);2*1H. The molecule has 0 atom stereocenters. The summed E-state index contributed by atoms with van der Waals surface area (Å²) in [5.41, 5.74) is 7.29.